The highest BCUT2D eigenvalue weighted by Gasteiger charge is 2.27. The summed E-state index contributed by atoms with van der Waals surface area (Å²) < 4.78 is 0. The number of aromatic nitrogens is 5. The van der Waals surface area contributed by atoms with Gasteiger partial charge in [0.1, 0.15) is 11.5 Å². The zero-order valence-electron chi connectivity index (χ0n) is 15.6. The molecule has 1 saturated heterocycles. The molecule has 1 fully saturated rings. The summed E-state index contributed by atoms with van der Waals surface area (Å²) >= 11 is 0. The van der Waals surface area contributed by atoms with E-state index in [0.29, 0.717) is 24.6 Å². The van der Waals surface area contributed by atoms with E-state index >= 15 is 0 Å². The summed E-state index contributed by atoms with van der Waals surface area (Å²) in [5.74, 6) is 1.43. The molecule has 1 amide bonds. The van der Waals surface area contributed by atoms with Gasteiger partial charge in [-0.25, -0.2) is 15.0 Å². The van der Waals surface area contributed by atoms with Crippen molar-refractivity contribution in [3.8, 4) is 11.4 Å². The first-order valence-electron chi connectivity index (χ1n) is 9.27. The fourth-order valence-corrected chi connectivity index (χ4v) is 3.40. The molecule has 8 nitrogen and oxygen atoms in total. The number of rotatable bonds is 4. The van der Waals surface area contributed by atoms with Crippen LogP contribution < -0.4 is 5.32 Å². The number of nitrogens with zero attached hydrogens (tertiary/aromatic N) is 6. The molecule has 4 heterocycles. The Bertz CT molecular complexity index is 949. The highest BCUT2D eigenvalue weighted by molar-refractivity contribution is 5.92. The Kier molecular flexibility index (Phi) is 5.18. The Hall–Kier alpha value is -3.42. The minimum atomic E-state index is -0.0896. The smallest absolute Gasteiger partial charge is 0.274 e. The van der Waals surface area contributed by atoms with Crippen LogP contribution in [-0.2, 0) is 0 Å². The summed E-state index contributed by atoms with van der Waals surface area (Å²) in [4.78, 5) is 36.2. The molecule has 3 aromatic rings. The van der Waals surface area contributed by atoms with Crippen molar-refractivity contribution in [3.05, 3.63) is 60.6 Å². The van der Waals surface area contributed by atoms with E-state index in [1.54, 1.807) is 24.8 Å². The molecule has 1 aliphatic heterocycles. The molecule has 8 heteroatoms. The van der Waals surface area contributed by atoms with Crippen molar-refractivity contribution in [2.24, 2.45) is 0 Å². The van der Waals surface area contributed by atoms with Gasteiger partial charge in [-0.05, 0) is 25.0 Å². The van der Waals surface area contributed by atoms with Crippen molar-refractivity contribution < 1.29 is 4.79 Å². The van der Waals surface area contributed by atoms with E-state index in [1.807, 2.05) is 30.1 Å². The Morgan fingerprint density at radius 2 is 2.07 bits per heavy atom. The number of nitrogens with one attached hydrogen (secondary N) is 1. The predicted molar refractivity (Wildman–Crippen MR) is 105 cm³/mol. The van der Waals surface area contributed by atoms with E-state index in [-0.39, 0.29) is 11.8 Å². The number of piperidine rings is 1. The first-order chi connectivity index (χ1) is 13.7. The van der Waals surface area contributed by atoms with Crippen LogP contribution in [0.15, 0.2) is 49.2 Å². The number of amides is 1. The maximum absolute atomic E-state index is 12.8. The molecule has 0 unspecified atom stereocenters. The topological polar surface area (TPSA) is 96.8 Å². The number of carbonyl (C=O) groups excluding carboxylic acids is 1. The van der Waals surface area contributed by atoms with Crippen LogP contribution >= 0.6 is 0 Å². The summed E-state index contributed by atoms with van der Waals surface area (Å²) in [7, 11) is 1.84. The van der Waals surface area contributed by atoms with E-state index < -0.39 is 0 Å². The van der Waals surface area contributed by atoms with Gasteiger partial charge in [-0.1, -0.05) is 0 Å². The van der Waals surface area contributed by atoms with Crippen LogP contribution in [-0.4, -0.2) is 55.9 Å². The molecule has 1 N–H and O–H groups in total. The Balaban J connectivity index is 1.60. The number of likely N-dealkylation sites (tertiary alicyclic amines) is 1. The monoisotopic (exact) mass is 375 g/mol. The zero-order chi connectivity index (χ0) is 19.3. The van der Waals surface area contributed by atoms with Crippen molar-refractivity contribution in [2.45, 2.75) is 18.8 Å². The highest BCUT2D eigenvalue weighted by atomic mass is 16.2. The number of carbonyl (C=O) groups is 1. The van der Waals surface area contributed by atoms with Gasteiger partial charge in [0.2, 0.25) is 0 Å². The molecule has 142 valence electrons. The lowest BCUT2D eigenvalue weighted by atomic mass is 9.94. The number of hydrogen-bond acceptors (Lipinski definition) is 7. The maximum atomic E-state index is 12.8. The molecule has 0 saturated carbocycles. The molecular weight excluding hydrogens is 354 g/mol. The van der Waals surface area contributed by atoms with Gasteiger partial charge in [-0.15, -0.1) is 0 Å². The van der Waals surface area contributed by atoms with Gasteiger partial charge in [0, 0.05) is 62.5 Å². The van der Waals surface area contributed by atoms with E-state index in [1.165, 1.54) is 6.20 Å². The molecular formula is C20H21N7O. The third-order valence-electron chi connectivity index (χ3n) is 4.83. The second-order valence-electron chi connectivity index (χ2n) is 6.67. The van der Waals surface area contributed by atoms with Crippen molar-refractivity contribution in [1.82, 2.24) is 29.8 Å². The van der Waals surface area contributed by atoms with Gasteiger partial charge >= 0.3 is 0 Å². The van der Waals surface area contributed by atoms with Crippen LogP contribution in [0.2, 0.25) is 0 Å². The van der Waals surface area contributed by atoms with Gasteiger partial charge in [0.25, 0.3) is 5.91 Å². The summed E-state index contributed by atoms with van der Waals surface area (Å²) in [5, 5.41) is 3.11. The average Bonchev–Trinajstić information content (AvgIpc) is 2.79. The van der Waals surface area contributed by atoms with Gasteiger partial charge < -0.3 is 10.2 Å². The third kappa shape index (κ3) is 3.80. The first kappa shape index (κ1) is 18.0. The van der Waals surface area contributed by atoms with Crippen molar-refractivity contribution >= 4 is 11.7 Å². The molecule has 0 aromatic carbocycles. The molecule has 4 rings (SSSR count). The largest absolute Gasteiger partial charge is 0.373 e. The molecule has 3 aromatic heterocycles. The van der Waals surface area contributed by atoms with Crippen LogP contribution in [0.1, 0.15) is 34.9 Å². The fraction of sp³-hybridized carbons (Fsp3) is 0.300. The lowest BCUT2D eigenvalue weighted by Gasteiger charge is -2.32. The summed E-state index contributed by atoms with van der Waals surface area (Å²) in [6.45, 7) is 1.31. The van der Waals surface area contributed by atoms with Gasteiger partial charge in [-0.2, -0.15) is 0 Å². The summed E-state index contributed by atoms with van der Waals surface area (Å²) in [6.07, 6.45) is 9.98. The lowest BCUT2D eigenvalue weighted by molar-refractivity contribution is 0.0699. The van der Waals surface area contributed by atoms with E-state index in [4.69, 9.17) is 4.98 Å². The normalized spacial score (nSPS) is 16.6. The van der Waals surface area contributed by atoms with E-state index in [9.17, 15) is 4.79 Å². The Labute approximate surface area is 163 Å². The van der Waals surface area contributed by atoms with Gasteiger partial charge in [0.15, 0.2) is 5.82 Å². The third-order valence-corrected chi connectivity index (χ3v) is 4.83. The molecule has 0 bridgehead atoms. The molecule has 1 atom stereocenters. The van der Waals surface area contributed by atoms with Crippen LogP contribution in [0.25, 0.3) is 11.4 Å². The maximum Gasteiger partial charge on any atom is 0.274 e. The SMILES string of the molecule is CNc1cc([C@@H]2CCCN(C(=O)c3cnccn3)C2)nc(-c2cccnc2)n1. The number of anilines is 1. The van der Waals surface area contributed by atoms with Gasteiger partial charge in [-0.3, -0.25) is 14.8 Å². The summed E-state index contributed by atoms with van der Waals surface area (Å²) in [5.41, 5.74) is 2.16. The standard InChI is InChI=1S/C20H21N7O/c1-21-18-10-16(25-19(26-18)14-4-2-6-22-11-14)15-5-3-9-27(13-15)20(28)17-12-23-7-8-24-17/h2,4,6-8,10-12,15H,3,5,9,13H2,1H3,(H,21,25,26)/t15-/m1/s1. The second kappa shape index (κ2) is 8.08. The second-order valence-corrected chi connectivity index (χ2v) is 6.67. The van der Waals surface area contributed by atoms with Gasteiger partial charge in [0.05, 0.1) is 11.9 Å². The molecule has 0 radical (unpaired) electrons. The lowest BCUT2D eigenvalue weighted by Crippen LogP contribution is -2.39. The molecule has 0 spiro atoms. The van der Waals surface area contributed by atoms with Crippen molar-refractivity contribution in [1.29, 1.82) is 0 Å². The number of pyridine rings is 1. The summed E-state index contributed by atoms with van der Waals surface area (Å²) in [6, 6.07) is 5.77. The first-order valence-corrected chi connectivity index (χ1v) is 9.27. The van der Waals surface area contributed by atoms with E-state index in [0.717, 1.165) is 29.9 Å². The molecule has 28 heavy (non-hydrogen) atoms. The molecule has 0 aliphatic carbocycles. The minimum absolute atomic E-state index is 0.0896. The minimum Gasteiger partial charge on any atom is -0.373 e. The Morgan fingerprint density at radius 1 is 1.18 bits per heavy atom. The Morgan fingerprint density at radius 3 is 2.82 bits per heavy atom. The van der Waals surface area contributed by atoms with Crippen molar-refractivity contribution in [2.75, 3.05) is 25.5 Å². The van der Waals surface area contributed by atoms with Crippen LogP contribution in [0.4, 0.5) is 5.82 Å². The van der Waals surface area contributed by atoms with Crippen LogP contribution in [0.5, 0.6) is 0 Å². The van der Waals surface area contributed by atoms with Crippen LogP contribution in [0, 0.1) is 0 Å². The van der Waals surface area contributed by atoms with Crippen LogP contribution in [0.3, 0.4) is 0 Å². The molecule has 1 aliphatic rings. The average molecular weight is 375 g/mol. The fourth-order valence-electron chi connectivity index (χ4n) is 3.40. The number of hydrogen-bond donors (Lipinski definition) is 1. The quantitative estimate of drug-likeness (QED) is 0.748. The predicted octanol–water partition coefficient (Wildman–Crippen LogP) is 2.39. The van der Waals surface area contributed by atoms with E-state index in [2.05, 4.69) is 25.3 Å². The zero-order valence-corrected chi connectivity index (χ0v) is 15.6. The highest BCUT2D eigenvalue weighted by Crippen LogP contribution is 2.29. The van der Waals surface area contributed by atoms with Crippen molar-refractivity contribution in [3.63, 3.8) is 0 Å².